The van der Waals surface area contributed by atoms with Crippen LogP contribution >= 0.6 is 0 Å². The molecule has 158 valence electrons. The maximum absolute atomic E-state index is 13.3. The average Bonchev–Trinajstić information content (AvgIpc) is 2.78. The van der Waals surface area contributed by atoms with E-state index in [1.165, 1.54) is 5.56 Å². The third-order valence-corrected chi connectivity index (χ3v) is 5.64. The molecule has 0 amide bonds. The quantitative estimate of drug-likeness (QED) is 0.416. The molecule has 4 aromatic rings. The van der Waals surface area contributed by atoms with Gasteiger partial charge in [-0.15, -0.1) is 0 Å². The van der Waals surface area contributed by atoms with E-state index >= 15 is 0 Å². The summed E-state index contributed by atoms with van der Waals surface area (Å²) in [5.41, 5.74) is 5.39. The number of benzene rings is 3. The molecule has 2 N–H and O–H groups in total. The average molecular weight is 413 g/mol. The lowest BCUT2D eigenvalue weighted by Gasteiger charge is -2.14. The summed E-state index contributed by atoms with van der Waals surface area (Å²) in [5, 5.41) is 13.9. The number of phenols is 1. The number of rotatable bonds is 8. The van der Waals surface area contributed by atoms with Crippen LogP contribution in [0.4, 0.5) is 0 Å². The topological polar surface area (TPSA) is 54.3 Å². The van der Waals surface area contributed by atoms with Crippen LogP contribution in [0.2, 0.25) is 0 Å². The van der Waals surface area contributed by atoms with Gasteiger partial charge in [-0.25, -0.2) is 0 Å². The fourth-order valence-corrected chi connectivity index (χ4v) is 3.89. The molecule has 0 unspecified atom stereocenters. The van der Waals surface area contributed by atoms with Crippen LogP contribution in [0.5, 0.6) is 5.75 Å². The highest BCUT2D eigenvalue weighted by Crippen LogP contribution is 2.17. The number of aromatic hydroxyl groups is 1. The molecule has 0 fully saturated rings. The Labute approximate surface area is 182 Å². The number of nitrogens with zero attached hydrogens (tertiary/aromatic N) is 1. The van der Waals surface area contributed by atoms with E-state index in [0.717, 1.165) is 47.0 Å². The summed E-state index contributed by atoms with van der Waals surface area (Å²) in [6.07, 6.45) is 1.66. The van der Waals surface area contributed by atoms with Crippen molar-refractivity contribution in [2.24, 2.45) is 0 Å². The minimum atomic E-state index is 0.0752. The van der Waals surface area contributed by atoms with Gasteiger partial charge >= 0.3 is 0 Å². The second kappa shape index (κ2) is 9.63. The smallest absolute Gasteiger partial charge is 0.255 e. The molecule has 4 rings (SSSR count). The van der Waals surface area contributed by atoms with Crippen molar-refractivity contribution in [3.05, 3.63) is 111 Å². The molecule has 0 aliphatic carbocycles. The van der Waals surface area contributed by atoms with Gasteiger partial charge in [-0.1, -0.05) is 54.6 Å². The molecule has 0 saturated heterocycles. The molecular weight excluding hydrogens is 384 g/mol. The van der Waals surface area contributed by atoms with Gasteiger partial charge in [0, 0.05) is 18.7 Å². The standard InChI is InChI=1S/C27H28N2O2/c1-20-7-10-23-18-24(19-28-15-13-22-8-11-25(30)12-9-22)27(31)29(26(23)17-20)16-14-21-5-3-2-4-6-21/h2-12,17-18,28,30H,13-16,19H2,1H3. The number of hydrogen-bond acceptors (Lipinski definition) is 3. The zero-order valence-corrected chi connectivity index (χ0v) is 17.8. The van der Waals surface area contributed by atoms with Crippen LogP contribution in [0.15, 0.2) is 83.7 Å². The van der Waals surface area contributed by atoms with Crippen molar-refractivity contribution in [1.82, 2.24) is 9.88 Å². The number of aromatic nitrogens is 1. The maximum Gasteiger partial charge on any atom is 0.255 e. The lowest BCUT2D eigenvalue weighted by atomic mass is 10.1. The molecule has 0 aliphatic heterocycles. The van der Waals surface area contributed by atoms with E-state index in [1.54, 1.807) is 12.1 Å². The first-order valence-corrected chi connectivity index (χ1v) is 10.8. The van der Waals surface area contributed by atoms with E-state index in [4.69, 9.17) is 0 Å². The molecule has 1 aromatic heterocycles. The molecule has 0 bridgehead atoms. The van der Waals surface area contributed by atoms with Crippen molar-refractivity contribution >= 4 is 10.9 Å². The Hall–Kier alpha value is -3.37. The van der Waals surface area contributed by atoms with E-state index in [1.807, 2.05) is 41.0 Å². The summed E-state index contributed by atoms with van der Waals surface area (Å²) in [6.45, 7) is 4.01. The summed E-state index contributed by atoms with van der Waals surface area (Å²) in [4.78, 5) is 13.3. The molecule has 0 atom stereocenters. The lowest BCUT2D eigenvalue weighted by molar-refractivity contribution is 0.475. The van der Waals surface area contributed by atoms with Crippen LogP contribution in [0.3, 0.4) is 0 Å². The van der Waals surface area contributed by atoms with Gasteiger partial charge in [0.2, 0.25) is 0 Å². The maximum atomic E-state index is 13.3. The zero-order valence-electron chi connectivity index (χ0n) is 17.8. The molecule has 1 heterocycles. The third kappa shape index (κ3) is 5.22. The van der Waals surface area contributed by atoms with E-state index in [-0.39, 0.29) is 11.3 Å². The highest BCUT2D eigenvalue weighted by molar-refractivity contribution is 5.80. The number of pyridine rings is 1. The van der Waals surface area contributed by atoms with Gasteiger partial charge in [0.05, 0.1) is 5.52 Å². The molecule has 0 aliphatic rings. The molecule has 3 aromatic carbocycles. The van der Waals surface area contributed by atoms with E-state index < -0.39 is 0 Å². The number of hydrogen-bond donors (Lipinski definition) is 2. The van der Waals surface area contributed by atoms with Gasteiger partial charge in [0.1, 0.15) is 5.75 Å². The van der Waals surface area contributed by atoms with Crippen molar-refractivity contribution in [2.45, 2.75) is 32.9 Å². The second-order valence-corrected chi connectivity index (χ2v) is 8.02. The molecular formula is C27H28N2O2. The van der Waals surface area contributed by atoms with Crippen molar-refractivity contribution in [3.63, 3.8) is 0 Å². The van der Waals surface area contributed by atoms with Gasteiger partial charge < -0.3 is 15.0 Å². The Bertz CT molecular complexity index is 1210. The Morgan fingerprint density at radius 3 is 2.39 bits per heavy atom. The predicted octanol–water partition coefficient (Wildman–Crippen LogP) is 4.59. The van der Waals surface area contributed by atoms with Crippen LogP contribution in [-0.2, 0) is 25.9 Å². The summed E-state index contributed by atoms with van der Waals surface area (Å²) < 4.78 is 1.92. The van der Waals surface area contributed by atoms with E-state index in [0.29, 0.717) is 13.1 Å². The number of nitrogens with one attached hydrogen (secondary N) is 1. The van der Waals surface area contributed by atoms with Gasteiger partial charge in [-0.2, -0.15) is 0 Å². The van der Waals surface area contributed by atoms with Crippen molar-refractivity contribution in [1.29, 1.82) is 0 Å². The Kier molecular flexibility index (Phi) is 6.48. The summed E-state index contributed by atoms with van der Waals surface area (Å²) in [6, 6.07) is 25.9. The molecule has 0 spiro atoms. The largest absolute Gasteiger partial charge is 0.508 e. The Morgan fingerprint density at radius 2 is 1.61 bits per heavy atom. The first kappa shape index (κ1) is 20.9. The minimum Gasteiger partial charge on any atom is -0.508 e. The van der Waals surface area contributed by atoms with Crippen LogP contribution < -0.4 is 10.9 Å². The van der Waals surface area contributed by atoms with Crippen molar-refractivity contribution < 1.29 is 5.11 Å². The fraction of sp³-hybridized carbons (Fsp3) is 0.222. The van der Waals surface area contributed by atoms with E-state index in [2.05, 4.69) is 42.6 Å². The molecule has 31 heavy (non-hydrogen) atoms. The fourth-order valence-electron chi connectivity index (χ4n) is 3.89. The van der Waals surface area contributed by atoms with Gasteiger partial charge in [0.15, 0.2) is 0 Å². The van der Waals surface area contributed by atoms with Crippen molar-refractivity contribution in [2.75, 3.05) is 6.54 Å². The summed E-state index contributed by atoms with van der Waals surface area (Å²) in [7, 11) is 0. The SMILES string of the molecule is Cc1ccc2cc(CNCCc3ccc(O)cc3)c(=O)n(CCc3ccccc3)c2c1. The van der Waals surface area contributed by atoms with E-state index in [9.17, 15) is 9.90 Å². The first-order valence-electron chi connectivity index (χ1n) is 10.8. The first-order chi connectivity index (χ1) is 15.1. The number of phenolic OH excluding ortho intramolecular Hbond substituents is 1. The highest BCUT2D eigenvalue weighted by atomic mass is 16.3. The minimum absolute atomic E-state index is 0.0752. The summed E-state index contributed by atoms with van der Waals surface area (Å²) in [5.74, 6) is 0.277. The second-order valence-electron chi connectivity index (χ2n) is 8.02. The highest BCUT2D eigenvalue weighted by Gasteiger charge is 2.10. The zero-order chi connectivity index (χ0) is 21.6. The Balaban J connectivity index is 1.52. The van der Waals surface area contributed by atoms with Crippen LogP contribution in [-0.4, -0.2) is 16.2 Å². The van der Waals surface area contributed by atoms with Crippen LogP contribution in [0, 0.1) is 6.92 Å². The Morgan fingerprint density at radius 1 is 0.871 bits per heavy atom. The third-order valence-electron chi connectivity index (χ3n) is 5.64. The van der Waals surface area contributed by atoms with Gasteiger partial charge in [0.25, 0.3) is 5.56 Å². The van der Waals surface area contributed by atoms with Crippen LogP contribution in [0.25, 0.3) is 10.9 Å². The lowest BCUT2D eigenvalue weighted by Crippen LogP contribution is -2.29. The predicted molar refractivity (Wildman–Crippen MR) is 127 cm³/mol. The van der Waals surface area contributed by atoms with Gasteiger partial charge in [-0.3, -0.25) is 4.79 Å². The summed E-state index contributed by atoms with van der Waals surface area (Å²) >= 11 is 0. The number of aryl methyl sites for hydroxylation is 3. The molecule has 4 heteroatoms. The van der Waals surface area contributed by atoms with Gasteiger partial charge in [-0.05, 0) is 72.7 Å². The molecule has 4 nitrogen and oxygen atoms in total. The molecule has 0 radical (unpaired) electrons. The monoisotopic (exact) mass is 412 g/mol. The normalized spacial score (nSPS) is 11.1. The van der Waals surface area contributed by atoms with Crippen molar-refractivity contribution in [3.8, 4) is 5.75 Å². The van der Waals surface area contributed by atoms with Crippen LogP contribution in [0.1, 0.15) is 22.3 Å². The molecule has 0 saturated carbocycles. The number of fused-ring (bicyclic) bond motifs is 1.